The highest BCUT2D eigenvalue weighted by Gasteiger charge is 2.69. The van der Waals surface area contributed by atoms with Gasteiger partial charge in [-0.1, -0.05) is 54.6 Å². The van der Waals surface area contributed by atoms with Crippen molar-refractivity contribution in [3.05, 3.63) is 52.5 Å². The van der Waals surface area contributed by atoms with Crippen LogP contribution in [0.3, 0.4) is 0 Å². The molecule has 0 amide bonds. The minimum atomic E-state index is -5.91. The Kier molecular flexibility index (Phi) is 8.81. The van der Waals surface area contributed by atoms with Crippen molar-refractivity contribution in [2.45, 2.75) is 56.5 Å². The standard InChI is InChI=1S/C24H23Cl2F8NO2/c25-17-8-5-9-18(20(17)26)37-16-7-4-6-15(12-16)35(13-19(36)22(27,28)29)14-21(10-2-1-3-11-21)23(30,31)24(32,33)34/h4-9,12,19,36H,1-3,10-11,13-14H2. The highest BCUT2D eigenvalue weighted by atomic mass is 35.5. The van der Waals surface area contributed by atoms with Crippen LogP contribution in [0.25, 0.3) is 0 Å². The van der Waals surface area contributed by atoms with Crippen LogP contribution in [0, 0.1) is 5.41 Å². The van der Waals surface area contributed by atoms with E-state index in [2.05, 4.69) is 0 Å². The van der Waals surface area contributed by atoms with Gasteiger partial charge in [-0.15, -0.1) is 0 Å². The predicted molar refractivity (Wildman–Crippen MR) is 124 cm³/mol. The van der Waals surface area contributed by atoms with E-state index in [1.165, 1.54) is 42.5 Å². The van der Waals surface area contributed by atoms with Gasteiger partial charge >= 0.3 is 18.3 Å². The summed E-state index contributed by atoms with van der Waals surface area (Å²) in [7, 11) is 0. The van der Waals surface area contributed by atoms with Gasteiger partial charge in [-0.05, 0) is 37.1 Å². The molecule has 2 aromatic rings. The van der Waals surface area contributed by atoms with E-state index in [0.717, 1.165) is 0 Å². The molecule has 0 heterocycles. The molecule has 1 fully saturated rings. The molecule has 2 aromatic carbocycles. The maximum Gasteiger partial charge on any atom is 0.453 e. The first kappa shape index (κ1) is 29.6. The van der Waals surface area contributed by atoms with Gasteiger partial charge in [-0.3, -0.25) is 0 Å². The van der Waals surface area contributed by atoms with E-state index in [9.17, 15) is 40.2 Å². The Morgan fingerprint density at radius 2 is 1.54 bits per heavy atom. The lowest BCUT2D eigenvalue weighted by atomic mass is 9.68. The van der Waals surface area contributed by atoms with Crippen molar-refractivity contribution in [3.8, 4) is 11.5 Å². The molecule has 1 aliphatic carbocycles. The zero-order valence-corrected chi connectivity index (χ0v) is 20.7. The van der Waals surface area contributed by atoms with Crippen molar-refractivity contribution in [1.82, 2.24) is 0 Å². The van der Waals surface area contributed by atoms with Crippen molar-refractivity contribution >= 4 is 28.9 Å². The van der Waals surface area contributed by atoms with E-state index in [1.54, 1.807) is 0 Å². The summed E-state index contributed by atoms with van der Waals surface area (Å²) in [6, 6.07) is 9.57. The number of alkyl halides is 8. The quantitative estimate of drug-likeness (QED) is 0.318. The third-order valence-corrected chi connectivity index (χ3v) is 7.23. The summed E-state index contributed by atoms with van der Waals surface area (Å²) in [5, 5.41) is 9.91. The Morgan fingerprint density at radius 1 is 0.919 bits per heavy atom. The molecule has 1 N–H and O–H groups in total. The number of rotatable bonds is 8. The van der Waals surface area contributed by atoms with Gasteiger partial charge in [0.25, 0.3) is 0 Å². The molecule has 3 rings (SSSR count). The molecular weight excluding hydrogens is 557 g/mol. The summed E-state index contributed by atoms with van der Waals surface area (Å²) in [6.45, 7) is -2.34. The molecule has 1 unspecified atom stereocenters. The molecule has 1 atom stereocenters. The number of nitrogens with zero attached hydrogens (tertiary/aromatic N) is 1. The van der Waals surface area contributed by atoms with Crippen LogP contribution in [-0.2, 0) is 0 Å². The molecule has 0 aromatic heterocycles. The van der Waals surface area contributed by atoms with Gasteiger partial charge in [0.1, 0.15) is 16.5 Å². The zero-order valence-electron chi connectivity index (χ0n) is 19.2. The van der Waals surface area contributed by atoms with Crippen LogP contribution in [0.2, 0.25) is 10.0 Å². The predicted octanol–water partition coefficient (Wildman–Crippen LogP) is 8.66. The highest BCUT2D eigenvalue weighted by Crippen LogP contribution is 2.56. The fourth-order valence-electron chi connectivity index (χ4n) is 4.47. The number of benzene rings is 2. The summed E-state index contributed by atoms with van der Waals surface area (Å²) >= 11 is 12.0. The van der Waals surface area contributed by atoms with Crippen LogP contribution >= 0.6 is 23.2 Å². The smallest absolute Gasteiger partial charge is 0.453 e. The normalized spacial score (nSPS) is 17.4. The lowest BCUT2D eigenvalue weighted by Crippen LogP contribution is -2.58. The molecule has 1 aliphatic rings. The molecular formula is C24H23Cl2F8NO2. The Labute approximate surface area is 217 Å². The Hall–Kier alpha value is -1.98. The van der Waals surface area contributed by atoms with E-state index in [4.69, 9.17) is 27.9 Å². The van der Waals surface area contributed by atoms with E-state index >= 15 is 0 Å². The minimum Gasteiger partial charge on any atom is -0.456 e. The van der Waals surface area contributed by atoms with Gasteiger partial charge in [0, 0.05) is 18.3 Å². The largest absolute Gasteiger partial charge is 0.456 e. The van der Waals surface area contributed by atoms with Crippen LogP contribution < -0.4 is 9.64 Å². The maximum absolute atomic E-state index is 14.9. The van der Waals surface area contributed by atoms with Gasteiger partial charge in [-0.2, -0.15) is 35.1 Å². The lowest BCUT2D eigenvalue weighted by molar-refractivity contribution is -0.329. The van der Waals surface area contributed by atoms with Crippen molar-refractivity contribution < 1.29 is 45.0 Å². The molecule has 0 spiro atoms. The zero-order chi connectivity index (χ0) is 27.6. The first-order valence-corrected chi connectivity index (χ1v) is 12.0. The third-order valence-electron chi connectivity index (χ3n) is 6.42. The van der Waals surface area contributed by atoms with Gasteiger partial charge in [-0.25, -0.2) is 0 Å². The molecule has 37 heavy (non-hydrogen) atoms. The summed E-state index contributed by atoms with van der Waals surface area (Å²) < 4.78 is 116. The van der Waals surface area contributed by atoms with Crippen molar-refractivity contribution in [1.29, 1.82) is 0 Å². The summed E-state index contributed by atoms with van der Waals surface area (Å²) in [5.74, 6) is -5.08. The molecule has 1 saturated carbocycles. The van der Waals surface area contributed by atoms with Crippen molar-refractivity contribution in [2.75, 3.05) is 18.0 Å². The SMILES string of the molecule is OC(CN(CC1(C(F)(F)C(F)(F)F)CCCCC1)c1cccc(Oc2cccc(Cl)c2Cl)c1)C(F)(F)F. The van der Waals surface area contributed by atoms with Gasteiger partial charge in [0.05, 0.1) is 17.0 Å². The van der Waals surface area contributed by atoms with Crippen LogP contribution in [0.15, 0.2) is 42.5 Å². The molecule has 3 nitrogen and oxygen atoms in total. The molecule has 0 aliphatic heterocycles. The molecule has 0 bridgehead atoms. The summed E-state index contributed by atoms with van der Waals surface area (Å²) in [6.07, 6.45) is -14.6. The van der Waals surface area contributed by atoms with Crippen LogP contribution in [0.1, 0.15) is 32.1 Å². The maximum atomic E-state index is 14.9. The van der Waals surface area contributed by atoms with Crippen molar-refractivity contribution in [3.63, 3.8) is 0 Å². The first-order valence-electron chi connectivity index (χ1n) is 11.2. The molecule has 206 valence electrons. The van der Waals surface area contributed by atoms with E-state index in [1.807, 2.05) is 0 Å². The Bertz CT molecular complexity index is 1070. The van der Waals surface area contributed by atoms with E-state index < -0.39 is 55.7 Å². The Morgan fingerprint density at radius 3 is 2.14 bits per heavy atom. The lowest BCUT2D eigenvalue weighted by Gasteiger charge is -2.47. The highest BCUT2D eigenvalue weighted by molar-refractivity contribution is 6.42. The number of hydrogen-bond acceptors (Lipinski definition) is 3. The van der Waals surface area contributed by atoms with Crippen LogP contribution in [0.4, 0.5) is 40.8 Å². The second-order valence-electron chi connectivity index (χ2n) is 9.00. The number of aliphatic hydroxyl groups excluding tert-OH is 1. The van der Waals surface area contributed by atoms with Crippen LogP contribution in [0.5, 0.6) is 11.5 Å². The second kappa shape index (κ2) is 11.0. The topological polar surface area (TPSA) is 32.7 Å². The summed E-state index contributed by atoms with van der Waals surface area (Å²) in [4.78, 5) is 0.704. The monoisotopic (exact) mass is 579 g/mol. The number of aliphatic hydroxyl groups is 1. The minimum absolute atomic E-state index is 0.00782. The second-order valence-corrected chi connectivity index (χ2v) is 9.79. The van der Waals surface area contributed by atoms with Crippen LogP contribution in [-0.4, -0.2) is 42.6 Å². The molecule has 13 heteroatoms. The fraction of sp³-hybridized carbons (Fsp3) is 0.500. The van der Waals surface area contributed by atoms with E-state index in [0.29, 0.717) is 11.3 Å². The van der Waals surface area contributed by atoms with Gasteiger partial charge < -0.3 is 14.7 Å². The average molecular weight is 580 g/mol. The number of anilines is 1. The average Bonchev–Trinajstić information content (AvgIpc) is 2.81. The fourth-order valence-corrected chi connectivity index (χ4v) is 4.80. The number of ether oxygens (including phenoxy) is 1. The number of hydrogen-bond donors (Lipinski definition) is 1. The first-order chi connectivity index (χ1) is 17.1. The van der Waals surface area contributed by atoms with Gasteiger partial charge in [0.2, 0.25) is 0 Å². The van der Waals surface area contributed by atoms with Gasteiger partial charge in [0.15, 0.2) is 6.10 Å². The summed E-state index contributed by atoms with van der Waals surface area (Å²) in [5.41, 5.74) is -2.84. The number of halogens is 10. The van der Waals surface area contributed by atoms with Crippen molar-refractivity contribution in [2.24, 2.45) is 5.41 Å². The third kappa shape index (κ3) is 6.54. The Balaban J connectivity index is 2.03. The molecule has 0 radical (unpaired) electrons. The van der Waals surface area contributed by atoms with E-state index in [-0.39, 0.29) is 40.1 Å². The molecule has 0 saturated heterocycles.